The van der Waals surface area contributed by atoms with Crippen LogP contribution in [0.3, 0.4) is 0 Å². The second-order valence-corrected chi connectivity index (χ2v) is 3.73. The summed E-state index contributed by atoms with van der Waals surface area (Å²) in [6.07, 6.45) is 26.7. The Labute approximate surface area is 107 Å². The Hall–Kier alpha value is -1.30. The highest BCUT2D eigenvalue weighted by atomic mass is 13.8. The summed E-state index contributed by atoms with van der Waals surface area (Å²) in [7, 11) is 0. The summed E-state index contributed by atoms with van der Waals surface area (Å²) in [6, 6.07) is 0. The van der Waals surface area contributed by atoms with E-state index in [4.69, 9.17) is 0 Å². The molecule has 93 valence electrons. The Balaban J connectivity index is 3.39. The van der Waals surface area contributed by atoms with Gasteiger partial charge >= 0.3 is 0 Å². The highest BCUT2D eigenvalue weighted by Crippen LogP contribution is 1.97. The van der Waals surface area contributed by atoms with Crippen molar-refractivity contribution < 1.29 is 0 Å². The van der Waals surface area contributed by atoms with Gasteiger partial charge in [0.05, 0.1) is 0 Å². The van der Waals surface area contributed by atoms with Crippen LogP contribution < -0.4 is 0 Å². The van der Waals surface area contributed by atoms with Crippen molar-refractivity contribution in [1.82, 2.24) is 0 Å². The molecule has 0 heteroatoms. The lowest BCUT2D eigenvalue weighted by atomic mass is 10.2. The molecule has 17 heavy (non-hydrogen) atoms. The standard InChI is InChI=1S/C17H25/c1-3-5-7-9-11-13-15-17-16-14-12-10-8-6-4-2/h3,5-9,13-16H,1,4,10-12,17H2,2H3/b5-3+,8-6+,9-7+,15-13+,16-14+. The lowest BCUT2D eigenvalue weighted by Crippen LogP contribution is -1.66. The number of unbranched alkanes of at least 4 members (excludes halogenated alkanes) is 1. The van der Waals surface area contributed by atoms with Crippen LogP contribution in [0.1, 0.15) is 39.0 Å². The van der Waals surface area contributed by atoms with Crippen LogP contribution in [0, 0.1) is 6.92 Å². The van der Waals surface area contributed by atoms with E-state index in [2.05, 4.69) is 56.4 Å². The van der Waals surface area contributed by atoms with Gasteiger partial charge in [-0.3, -0.25) is 0 Å². The predicted octanol–water partition coefficient (Wildman–Crippen LogP) is 5.57. The molecule has 0 aromatic carbocycles. The minimum atomic E-state index is 0.997. The van der Waals surface area contributed by atoms with Crippen molar-refractivity contribution in [3.8, 4) is 0 Å². The van der Waals surface area contributed by atoms with E-state index in [0.717, 1.165) is 32.1 Å². The average molecular weight is 229 g/mol. The number of rotatable bonds is 9. The Morgan fingerprint density at radius 2 is 1.29 bits per heavy atom. The molecule has 1 radical (unpaired) electrons. The Bertz CT molecular complexity index is 274. The Morgan fingerprint density at radius 1 is 0.706 bits per heavy atom. The summed E-state index contributed by atoms with van der Waals surface area (Å²) in [5.74, 6) is 0. The van der Waals surface area contributed by atoms with Gasteiger partial charge in [-0.15, -0.1) is 0 Å². The molecule has 0 fully saturated rings. The van der Waals surface area contributed by atoms with Crippen LogP contribution in [0.15, 0.2) is 60.8 Å². The first kappa shape index (κ1) is 15.7. The fourth-order valence-electron chi connectivity index (χ4n) is 1.28. The molecule has 0 rings (SSSR count). The van der Waals surface area contributed by atoms with E-state index in [1.54, 1.807) is 6.08 Å². The molecule has 0 saturated heterocycles. The van der Waals surface area contributed by atoms with E-state index in [1.165, 1.54) is 0 Å². The van der Waals surface area contributed by atoms with E-state index in [1.807, 2.05) is 12.2 Å². The summed E-state index contributed by atoms with van der Waals surface area (Å²) in [5.41, 5.74) is 0. The van der Waals surface area contributed by atoms with Gasteiger partial charge in [0, 0.05) is 0 Å². The van der Waals surface area contributed by atoms with Gasteiger partial charge in [0.15, 0.2) is 0 Å². The molecule has 0 nitrogen and oxygen atoms in total. The third kappa shape index (κ3) is 14.7. The topological polar surface area (TPSA) is 0 Å². The van der Waals surface area contributed by atoms with Crippen LogP contribution in [-0.2, 0) is 0 Å². The van der Waals surface area contributed by atoms with Gasteiger partial charge in [0.2, 0.25) is 0 Å². The van der Waals surface area contributed by atoms with Gasteiger partial charge in [0.25, 0.3) is 0 Å². The molecule has 0 atom stereocenters. The van der Waals surface area contributed by atoms with E-state index >= 15 is 0 Å². The molecular weight excluding hydrogens is 204 g/mol. The van der Waals surface area contributed by atoms with Crippen LogP contribution in [0.25, 0.3) is 0 Å². The van der Waals surface area contributed by atoms with Crippen molar-refractivity contribution in [2.75, 3.05) is 0 Å². The molecule has 0 heterocycles. The first-order valence-electron chi connectivity index (χ1n) is 6.47. The summed E-state index contributed by atoms with van der Waals surface area (Å²) >= 11 is 0. The third-order valence-corrected chi connectivity index (χ3v) is 2.16. The Kier molecular flexibility index (Phi) is 13.6. The molecule has 0 aromatic heterocycles. The van der Waals surface area contributed by atoms with Crippen LogP contribution in [0.5, 0.6) is 0 Å². The zero-order valence-corrected chi connectivity index (χ0v) is 11.0. The maximum absolute atomic E-state index is 3.62. The molecular formula is C17H25. The number of allylic oxidation sites excluding steroid dienone is 10. The van der Waals surface area contributed by atoms with Crippen molar-refractivity contribution >= 4 is 0 Å². The summed E-state index contributed by atoms with van der Waals surface area (Å²) < 4.78 is 0. The SMILES string of the molecule is [CH2]/C=C/C=C/C/C=C/C/C=C/CC/C=C/CC. The summed E-state index contributed by atoms with van der Waals surface area (Å²) in [5, 5.41) is 0. The normalized spacial score (nSPS) is 13.3. The molecule has 0 saturated carbocycles. The van der Waals surface area contributed by atoms with Crippen molar-refractivity contribution in [2.45, 2.75) is 39.0 Å². The molecule has 0 aromatic rings. The summed E-state index contributed by atoms with van der Waals surface area (Å²) in [4.78, 5) is 0. The maximum atomic E-state index is 3.62. The average Bonchev–Trinajstić information content (AvgIpc) is 2.35. The molecule has 0 aliphatic rings. The molecule has 0 bridgehead atoms. The lowest BCUT2D eigenvalue weighted by Gasteiger charge is -1.86. The van der Waals surface area contributed by atoms with E-state index < -0.39 is 0 Å². The summed E-state index contributed by atoms with van der Waals surface area (Å²) in [6.45, 7) is 5.78. The first-order valence-corrected chi connectivity index (χ1v) is 6.47. The van der Waals surface area contributed by atoms with E-state index in [-0.39, 0.29) is 0 Å². The fraction of sp³-hybridized carbons (Fsp3) is 0.353. The minimum Gasteiger partial charge on any atom is -0.0888 e. The highest BCUT2D eigenvalue weighted by molar-refractivity contribution is 5.06. The van der Waals surface area contributed by atoms with Crippen LogP contribution in [-0.4, -0.2) is 0 Å². The highest BCUT2D eigenvalue weighted by Gasteiger charge is 1.76. The third-order valence-electron chi connectivity index (χ3n) is 2.16. The van der Waals surface area contributed by atoms with Crippen LogP contribution in [0.4, 0.5) is 0 Å². The molecule has 0 aliphatic carbocycles. The predicted molar refractivity (Wildman–Crippen MR) is 79.8 cm³/mol. The van der Waals surface area contributed by atoms with E-state index in [9.17, 15) is 0 Å². The molecule has 0 spiro atoms. The van der Waals surface area contributed by atoms with Gasteiger partial charge < -0.3 is 0 Å². The van der Waals surface area contributed by atoms with Crippen LogP contribution >= 0.6 is 0 Å². The zero-order chi connectivity index (χ0) is 12.6. The van der Waals surface area contributed by atoms with Gasteiger partial charge in [-0.05, 0) is 39.0 Å². The lowest BCUT2D eigenvalue weighted by molar-refractivity contribution is 1.03. The molecule has 0 unspecified atom stereocenters. The quantitative estimate of drug-likeness (QED) is 0.275. The van der Waals surface area contributed by atoms with E-state index in [0.29, 0.717) is 0 Å². The smallest absolute Gasteiger partial charge is 0.0166 e. The zero-order valence-electron chi connectivity index (χ0n) is 11.0. The Morgan fingerprint density at radius 3 is 1.94 bits per heavy atom. The van der Waals surface area contributed by atoms with Crippen molar-refractivity contribution in [1.29, 1.82) is 0 Å². The largest absolute Gasteiger partial charge is 0.0888 e. The minimum absolute atomic E-state index is 0.997. The molecule has 0 aliphatic heterocycles. The second-order valence-electron chi connectivity index (χ2n) is 3.73. The molecule has 0 amide bonds. The van der Waals surface area contributed by atoms with Gasteiger partial charge in [-0.1, -0.05) is 67.7 Å². The maximum Gasteiger partial charge on any atom is -0.0166 e. The van der Waals surface area contributed by atoms with Crippen LogP contribution in [0.2, 0.25) is 0 Å². The second kappa shape index (κ2) is 14.7. The first-order chi connectivity index (χ1) is 8.41. The van der Waals surface area contributed by atoms with Gasteiger partial charge in [0.1, 0.15) is 0 Å². The van der Waals surface area contributed by atoms with Gasteiger partial charge in [-0.2, -0.15) is 0 Å². The van der Waals surface area contributed by atoms with Crippen molar-refractivity contribution in [2.24, 2.45) is 0 Å². The number of hydrogen-bond donors (Lipinski definition) is 0. The van der Waals surface area contributed by atoms with Crippen molar-refractivity contribution in [3.63, 3.8) is 0 Å². The monoisotopic (exact) mass is 229 g/mol. The number of hydrogen-bond acceptors (Lipinski definition) is 0. The van der Waals surface area contributed by atoms with Crippen molar-refractivity contribution in [3.05, 3.63) is 67.7 Å². The van der Waals surface area contributed by atoms with Gasteiger partial charge in [-0.25, -0.2) is 0 Å². The molecule has 0 N–H and O–H groups in total. The fourth-order valence-corrected chi connectivity index (χ4v) is 1.28.